The van der Waals surface area contributed by atoms with Crippen LogP contribution in [-0.4, -0.2) is 49.1 Å². The lowest BCUT2D eigenvalue weighted by atomic mass is 9.60. The van der Waals surface area contributed by atoms with E-state index in [4.69, 9.17) is 0 Å². The molecule has 0 radical (unpaired) electrons. The second-order valence-electron chi connectivity index (χ2n) is 7.25. The molecule has 104 valence electrons. The van der Waals surface area contributed by atoms with Crippen molar-refractivity contribution in [3.8, 4) is 0 Å². The Kier molecular flexibility index (Phi) is 3.68. The second kappa shape index (κ2) is 5.13. The van der Waals surface area contributed by atoms with Crippen LogP contribution in [0.25, 0.3) is 0 Å². The van der Waals surface area contributed by atoms with E-state index in [-0.39, 0.29) is 0 Å². The van der Waals surface area contributed by atoms with E-state index in [9.17, 15) is 0 Å². The first kappa shape index (κ1) is 12.9. The van der Waals surface area contributed by atoms with Crippen molar-refractivity contribution in [2.24, 2.45) is 11.3 Å². The molecule has 2 heteroatoms. The van der Waals surface area contributed by atoms with E-state index in [1.165, 1.54) is 71.1 Å². The summed E-state index contributed by atoms with van der Waals surface area (Å²) < 4.78 is 0. The number of rotatable bonds is 2. The highest BCUT2D eigenvalue weighted by molar-refractivity contribution is 5.01. The van der Waals surface area contributed by atoms with E-state index in [0.717, 1.165) is 17.4 Å². The predicted octanol–water partition coefficient (Wildman–Crippen LogP) is 2.98. The first-order valence-electron chi connectivity index (χ1n) is 8.13. The summed E-state index contributed by atoms with van der Waals surface area (Å²) in [6.45, 7) is 7.81. The van der Waals surface area contributed by atoms with Gasteiger partial charge in [-0.3, -0.25) is 0 Å². The molecule has 0 bridgehead atoms. The minimum atomic E-state index is 0.763. The number of likely N-dealkylation sites (tertiary alicyclic amines) is 2. The first-order chi connectivity index (χ1) is 8.71. The summed E-state index contributed by atoms with van der Waals surface area (Å²) in [5, 5.41) is 0. The molecule has 0 aromatic heterocycles. The van der Waals surface area contributed by atoms with Gasteiger partial charge >= 0.3 is 0 Å². The highest BCUT2D eigenvalue weighted by Crippen LogP contribution is 2.51. The van der Waals surface area contributed by atoms with Gasteiger partial charge in [-0.1, -0.05) is 13.3 Å². The zero-order valence-electron chi connectivity index (χ0n) is 12.3. The Morgan fingerprint density at radius 1 is 1.00 bits per heavy atom. The topological polar surface area (TPSA) is 6.48 Å². The number of piperidine rings is 2. The van der Waals surface area contributed by atoms with E-state index in [1.54, 1.807) is 0 Å². The predicted molar refractivity (Wildman–Crippen MR) is 76.8 cm³/mol. The van der Waals surface area contributed by atoms with Crippen molar-refractivity contribution in [1.29, 1.82) is 0 Å². The van der Waals surface area contributed by atoms with Gasteiger partial charge in [-0.2, -0.15) is 0 Å². The third-order valence-electron chi connectivity index (χ3n) is 6.13. The molecule has 0 aromatic carbocycles. The van der Waals surface area contributed by atoms with Gasteiger partial charge in [-0.25, -0.2) is 0 Å². The molecule has 3 fully saturated rings. The van der Waals surface area contributed by atoms with Crippen LogP contribution in [0.5, 0.6) is 0 Å². The largest absolute Gasteiger partial charge is 0.306 e. The lowest BCUT2D eigenvalue weighted by Gasteiger charge is -2.56. The molecule has 0 amide bonds. The fraction of sp³-hybridized carbons (Fsp3) is 1.00. The standard InChI is InChI=1S/C16H30N2/c1-3-14-4-8-18(9-5-14)15-12-16(13-15)6-10-17(2)11-7-16/h14-15H,3-13H2,1-2H3. The van der Waals surface area contributed by atoms with Crippen LogP contribution in [0, 0.1) is 11.3 Å². The number of hydrogen-bond donors (Lipinski definition) is 0. The molecule has 0 aromatic rings. The molecule has 2 aliphatic heterocycles. The molecule has 2 heterocycles. The van der Waals surface area contributed by atoms with Gasteiger partial charge in [-0.15, -0.1) is 0 Å². The third kappa shape index (κ3) is 2.46. The molecule has 18 heavy (non-hydrogen) atoms. The van der Waals surface area contributed by atoms with Crippen molar-refractivity contribution in [2.45, 2.75) is 57.9 Å². The van der Waals surface area contributed by atoms with E-state index >= 15 is 0 Å². The molecule has 1 saturated carbocycles. The second-order valence-corrected chi connectivity index (χ2v) is 7.25. The summed E-state index contributed by atoms with van der Waals surface area (Å²) in [7, 11) is 2.28. The van der Waals surface area contributed by atoms with Gasteiger partial charge in [0.05, 0.1) is 0 Å². The SMILES string of the molecule is CCC1CCN(C2CC3(CCN(C)CC3)C2)CC1. The summed E-state index contributed by atoms with van der Waals surface area (Å²) in [6, 6.07) is 0.950. The van der Waals surface area contributed by atoms with E-state index in [1.807, 2.05) is 0 Å². The Balaban J connectivity index is 1.45. The zero-order chi connectivity index (χ0) is 12.6. The summed E-state index contributed by atoms with van der Waals surface area (Å²) >= 11 is 0. The van der Waals surface area contributed by atoms with E-state index in [0.29, 0.717) is 0 Å². The molecule has 0 N–H and O–H groups in total. The molecule has 3 rings (SSSR count). The first-order valence-corrected chi connectivity index (χ1v) is 8.13. The van der Waals surface area contributed by atoms with Gasteiger partial charge < -0.3 is 9.80 Å². The lowest BCUT2D eigenvalue weighted by molar-refractivity contribution is -0.0484. The summed E-state index contributed by atoms with van der Waals surface area (Å²) in [5.74, 6) is 1.03. The van der Waals surface area contributed by atoms with Crippen LogP contribution in [0.4, 0.5) is 0 Å². The highest BCUT2D eigenvalue weighted by Gasteiger charge is 2.47. The van der Waals surface area contributed by atoms with Crippen LogP contribution in [0.1, 0.15) is 51.9 Å². The van der Waals surface area contributed by atoms with Gasteiger partial charge in [0.25, 0.3) is 0 Å². The summed E-state index contributed by atoms with van der Waals surface area (Å²) in [4.78, 5) is 5.32. The van der Waals surface area contributed by atoms with Crippen molar-refractivity contribution < 1.29 is 0 Å². The van der Waals surface area contributed by atoms with Crippen molar-refractivity contribution in [3.05, 3.63) is 0 Å². The minimum absolute atomic E-state index is 0.763. The van der Waals surface area contributed by atoms with Crippen LogP contribution in [0.3, 0.4) is 0 Å². The van der Waals surface area contributed by atoms with Gasteiger partial charge in [0.1, 0.15) is 0 Å². The molecule has 2 saturated heterocycles. The van der Waals surface area contributed by atoms with Crippen LogP contribution >= 0.6 is 0 Å². The quantitative estimate of drug-likeness (QED) is 0.743. The Bertz CT molecular complexity index is 265. The molecule has 1 spiro atoms. The number of nitrogens with zero attached hydrogens (tertiary/aromatic N) is 2. The van der Waals surface area contributed by atoms with Gasteiger partial charge in [0, 0.05) is 6.04 Å². The average Bonchev–Trinajstić information content (AvgIpc) is 2.38. The van der Waals surface area contributed by atoms with Crippen LogP contribution < -0.4 is 0 Å². The fourth-order valence-electron chi connectivity index (χ4n) is 4.43. The average molecular weight is 250 g/mol. The van der Waals surface area contributed by atoms with E-state index in [2.05, 4.69) is 23.8 Å². The minimum Gasteiger partial charge on any atom is -0.306 e. The lowest BCUT2D eigenvalue weighted by Crippen LogP contribution is -2.56. The van der Waals surface area contributed by atoms with Gasteiger partial charge in [0.15, 0.2) is 0 Å². The Labute approximate surface area is 113 Å². The van der Waals surface area contributed by atoms with Crippen LogP contribution in [-0.2, 0) is 0 Å². The molecular weight excluding hydrogens is 220 g/mol. The van der Waals surface area contributed by atoms with Crippen molar-refractivity contribution in [2.75, 3.05) is 33.2 Å². The normalized spacial score (nSPS) is 31.7. The summed E-state index contributed by atoms with van der Waals surface area (Å²) in [6.07, 6.45) is 10.3. The van der Waals surface area contributed by atoms with Crippen molar-refractivity contribution >= 4 is 0 Å². The zero-order valence-corrected chi connectivity index (χ0v) is 12.3. The van der Waals surface area contributed by atoms with Gasteiger partial charge in [0.2, 0.25) is 0 Å². The highest BCUT2D eigenvalue weighted by atomic mass is 15.2. The van der Waals surface area contributed by atoms with Crippen molar-refractivity contribution in [3.63, 3.8) is 0 Å². The maximum absolute atomic E-state index is 2.82. The van der Waals surface area contributed by atoms with E-state index < -0.39 is 0 Å². The molecule has 1 aliphatic carbocycles. The smallest absolute Gasteiger partial charge is 0.0106 e. The Hall–Kier alpha value is -0.0800. The third-order valence-corrected chi connectivity index (χ3v) is 6.13. The Morgan fingerprint density at radius 2 is 1.61 bits per heavy atom. The molecule has 2 nitrogen and oxygen atoms in total. The molecule has 0 unspecified atom stereocenters. The fourth-order valence-corrected chi connectivity index (χ4v) is 4.43. The summed E-state index contributed by atoms with van der Waals surface area (Å²) in [5.41, 5.74) is 0.763. The van der Waals surface area contributed by atoms with Crippen LogP contribution in [0.15, 0.2) is 0 Å². The van der Waals surface area contributed by atoms with Crippen LogP contribution in [0.2, 0.25) is 0 Å². The Morgan fingerprint density at radius 3 is 2.17 bits per heavy atom. The molecule has 3 aliphatic rings. The maximum Gasteiger partial charge on any atom is 0.0106 e. The number of hydrogen-bond acceptors (Lipinski definition) is 2. The molecule has 0 atom stereocenters. The monoisotopic (exact) mass is 250 g/mol. The maximum atomic E-state index is 2.82. The van der Waals surface area contributed by atoms with Crippen molar-refractivity contribution in [1.82, 2.24) is 9.80 Å². The van der Waals surface area contributed by atoms with Gasteiger partial charge in [-0.05, 0) is 83.1 Å². The molecular formula is C16H30N2.